The molecule has 0 fully saturated rings. The van der Waals surface area contributed by atoms with Crippen LogP contribution in [0.1, 0.15) is 28.1 Å². The monoisotopic (exact) mass is 248 g/mol. The minimum atomic E-state index is -1.04. The Hall–Kier alpha value is -1.95. The van der Waals surface area contributed by atoms with Gasteiger partial charge in [0.15, 0.2) is 0 Å². The third kappa shape index (κ3) is 1.27. The summed E-state index contributed by atoms with van der Waals surface area (Å²) in [6.45, 7) is 1.80. The molecule has 2 aromatic rings. The largest absolute Gasteiger partial charge is 0.477 e. The molecule has 0 radical (unpaired) electrons. The van der Waals surface area contributed by atoms with Crippen molar-refractivity contribution in [2.75, 3.05) is 5.32 Å². The average Bonchev–Trinajstić information content (AvgIpc) is 2.66. The Bertz CT molecular complexity index is 662. The van der Waals surface area contributed by atoms with Gasteiger partial charge in [0.1, 0.15) is 9.71 Å². The summed E-state index contributed by atoms with van der Waals surface area (Å²) >= 11 is 1.09. The first-order valence-corrected chi connectivity index (χ1v) is 5.87. The summed E-state index contributed by atoms with van der Waals surface area (Å²) < 4.78 is 0. The highest BCUT2D eigenvalue weighted by Gasteiger charge is 2.30. The number of amides is 1. The normalized spacial score (nSPS) is 18.2. The molecule has 1 atom stereocenters. The lowest BCUT2D eigenvalue weighted by molar-refractivity contribution is -0.117. The Labute approximate surface area is 100 Å². The van der Waals surface area contributed by atoms with Crippen LogP contribution in [0.25, 0.3) is 10.2 Å². The standard InChI is InChI=1S/C11H8N2O3S/c1-4-5-2-3-12-10-6(5)7(13-9(4)14)8(17-10)11(15)16/h2-4H,1H3,(H,13,14)(H,15,16). The van der Waals surface area contributed by atoms with Crippen LogP contribution < -0.4 is 5.32 Å². The van der Waals surface area contributed by atoms with Crippen molar-refractivity contribution in [3.05, 3.63) is 22.7 Å². The van der Waals surface area contributed by atoms with Crippen molar-refractivity contribution in [1.82, 2.24) is 4.98 Å². The van der Waals surface area contributed by atoms with Crippen molar-refractivity contribution in [3.8, 4) is 0 Å². The molecule has 2 N–H and O–H groups in total. The first-order valence-electron chi connectivity index (χ1n) is 5.05. The predicted molar refractivity (Wildman–Crippen MR) is 63.6 cm³/mol. The van der Waals surface area contributed by atoms with E-state index in [1.54, 1.807) is 19.2 Å². The molecule has 0 aromatic carbocycles. The van der Waals surface area contributed by atoms with E-state index in [1.165, 1.54) is 0 Å². The lowest BCUT2D eigenvalue weighted by Gasteiger charge is -2.19. The van der Waals surface area contributed by atoms with Crippen molar-refractivity contribution in [2.24, 2.45) is 0 Å². The molecule has 1 aliphatic rings. The molecule has 3 rings (SSSR count). The summed E-state index contributed by atoms with van der Waals surface area (Å²) in [6, 6.07) is 1.77. The van der Waals surface area contributed by atoms with E-state index in [-0.39, 0.29) is 16.7 Å². The van der Waals surface area contributed by atoms with Crippen LogP contribution in [0, 0.1) is 0 Å². The van der Waals surface area contributed by atoms with Crippen molar-refractivity contribution < 1.29 is 14.7 Å². The van der Waals surface area contributed by atoms with E-state index in [0.717, 1.165) is 22.3 Å². The van der Waals surface area contributed by atoms with Crippen molar-refractivity contribution >= 4 is 39.1 Å². The Morgan fingerprint density at radius 1 is 1.59 bits per heavy atom. The van der Waals surface area contributed by atoms with Gasteiger partial charge in [-0.3, -0.25) is 4.79 Å². The fraction of sp³-hybridized carbons (Fsp3) is 0.182. The molecule has 0 bridgehead atoms. The second-order valence-corrected chi connectivity index (χ2v) is 4.90. The molecule has 86 valence electrons. The molecule has 1 amide bonds. The number of rotatable bonds is 1. The number of nitrogens with zero attached hydrogens (tertiary/aromatic N) is 1. The number of carbonyl (C=O) groups is 2. The molecule has 0 aliphatic carbocycles. The summed E-state index contributed by atoms with van der Waals surface area (Å²) in [5, 5.41) is 12.5. The molecular formula is C11H8N2O3S. The molecule has 3 heterocycles. The Balaban J connectivity index is 2.43. The van der Waals surface area contributed by atoms with Gasteiger partial charge in [-0.25, -0.2) is 9.78 Å². The minimum absolute atomic E-state index is 0.139. The van der Waals surface area contributed by atoms with Gasteiger partial charge in [-0.2, -0.15) is 0 Å². The number of thiophene rings is 1. The predicted octanol–water partition coefficient (Wildman–Crippen LogP) is 2.05. The average molecular weight is 248 g/mol. The van der Waals surface area contributed by atoms with Gasteiger partial charge >= 0.3 is 5.97 Å². The number of carboxylic acids is 1. The van der Waals surface area contributed by atoms with E-state index in [2.05, 4.69) is 10.3 Å². The summed E-state index contributed by atoms with van der Waals surface area (Å²) in [4.78, 5) is 27.8. The number of carbonyl (C=O) groups excluding carboxylic acids is 1. The fourth-order valence-corrected chi connectivity index (χ4v) is 3.02. The zero-order chi connectivity index (χ0) is 12.2. The van der Waals surface area contributed by atoms with Gasteiger partial charge < -0.3 is 10.4 Å². The van der Waals surface area contributed by atoms with E-state index in [4.69, 9.17) is 5.11 Å². The zero-order valence-corrected chi connectivity index (χ0v) is 9.67. The summed E-state index contributed by atoms with van der Waals surface area (Å²) in [5.74, 6) is -1.49. The molecule has 0 spiro atoms. The van der Waals surface area contributed by atoms with E-state index >= 15 is 0 Å². The van der Waals surface area contributed by atoms with E-state index in [0.29, 0.717) is 10.5 Å². The topological polar surface area (TPSA) is 79.3 Å². The van der Waals surface area contributed by atoms with Gasteiger partial charge in [0, 0.05) is 11.6 Å². The highest BCUT2D eigenvalue weighted by molar-refractivity contribution is 7.21. The van der Waals surface area contributed by atoms with Gasteiger partial charge in [0.25, 0.3) is 0 Å². The molecule has 6 heteroatoms. The Morgan fingerprint density at radius 3 is 3.06 bits per heavy atom. The minimum Gasteiger partial charge on any atom is -0.477 e. The Kier molecular flexibility index (Phi) is 1.97. The maximum Gasteiger partial charge on any atom is 0.348 e. The maximum absolute atomic E-state index is 11.7. The van der Waals surface area contributed by atoms with E-state index in [1.807, 2.05) is 0 Å². The number of nitrogens with one attached hydrogen (secondary N) is 1. The van der Waals surface area contributed by atoms with Crippen molar-refractivity contribution in [2.45, 2.75) is 12.8 Å². The molecule has 1 unspecified atom stereocenters. The number of aromatic nitrogens is 1. The molecule has 0 saturated heterocycles. The quantitative estimate of drug-likeness (QED) is 0.809. The number of hydrogen-bond acceptors (Lipinski definition) is 4. The van der Waals surface area contributed by atoms with Crippen LogP contribution >= 0.6 is 11.3 Å². The smallest absolute Gasteiger partial charge is 0.348 e. The van der Waals surface area contributed by atoms with Crippen LogP contribution in [0.3, 0.4) is 0 Å². The van der Waals surface area contributed by atoms with E-state index < -0.39 is 5.97 Å². The van der Waals surface area contributed by atoms with Crippen molar-refractivity contribution in [3.63, 3.8) is 0 Å². The number of anilines is 1. The number of hydrogen-bond donors (Lipinski definition) is 2. The highest BCUT2D eigenvalue weighted by Crippen LogP contribution is 2.42. The van der Waals surface area contributed by atoms with Crippen molar-refractivity contribution in [1.29, 1.82) is 0 Å². The molecule has 0 saturated carbocycles. The lowest BCUT2D eigenvalue weighted by atomic mass is 9.94. The van der Waals surface area contributed by atoms with Gasteiger partial charge in [-0.1, -0.05) is 0 Å². The molecule has 5 nitrogen and oxygen atoms in total. The Morgan fingerprint density at radius 2 is 2.35 bits per heavy atom. The van der Waals surface area contributed by atoms with Crippen LogP contribution in [0.15, 0.2) is 12.3 Å². The summed E-state index contributed by atoms with van der Waals surface area (Å²) in [5.41, 5.74) is 1.24. The number of carboxylic acid groups (broad SMARTS) is 1. The number of aromatic carboxylic acids is 1. The van der Waals surface area contributed by atoms with Crippen LogP contribution in [-0.4, -0.2) is 22.0 Å². The molecular weight excluding hydrogens is 240 g/mol. The fourth-order valence-electron chi connectivity index (χ4n) is 2.05. The third-order valence-electron chi connectivity index (χ3n) is 2.93. The molecule has 2 aromatic heterocycles. The van der Waals surface area contributed by atoms with Gasteiger partial charge in [-0.15, -0.1) is 11.3 Å². The van der Waals surface area contributed by atoms with Gasteiger partial charge in [-0.05, 0) is 18.6 Å². The van der Waals surface area contributed by atoms with Crippen LogP contribution in [0.5, 0.6) is 0 Å². The molecule has 1 aliphatic heterocycles. The van der Waals surface area contributed by atoms with E-state index in [9.17, 15) is 9.59 Å². The lowest BCUT2D eigenvalue weighted by Crippen LogP contribution is -2.23. The van der Waals surface area contributed by atoms with Crippen LogP contribution in [0.4, 0.5) is 5.69 Å². The highest BCUT2D eigenvalue weighted by atomic mass is 32.1. The van der Waals surface area contributed by atoms with Crippen LogP contribution in [-0.2, 0) is 4.79 Å². The second-order valence-electron chi connectivity index (χ2n) is 3.90. The SMILES string of the molecule is CC1C(=O)Nc2c(C(=O)O)sc3nccc1c23. The molecule has 17 heavy (non-hydrogen) atoms. The van der Waals surface area contributed by atoms with Crippen LogP contribution in [0.2, 0.25) is 0 Å². The summed E-state index contributed by atoms with van der Waals surface area (Å²) in [6.07, 6.45) is 1.61. The number of pyridine rings is 1. The summed E-state index contributed by atoms with van der Waals surface area (Å²) in [7, 11) is 0. The third-order valence-corrected chi connectivity index (χ3v) is 4.01. The first-order chi connectivity index (χ1) is 8.09. The maximum atomic E-state index is 11.7. The zero-order valence-electron chi connectivity index (χ0n) is 8.85. The first kappa shape index (κ1) is 10.2. The van der Waals surface area contributed by atoms with Gasteiger partial charge in [0.2, 0.25) is 5.91 Å². The second kappa shape index (κ2) is 3.27. The van der Waals surface area contributed by atoms with Gasteiger partial charge in [0.05, 0.1) is 11.6 Å².